The number of nitrogens with zero attached hydrogens (tertiary/aromatic N) is 3. The quantitative estimate of drug-likeness (QED) is 0.361. The predicted octanol–water partition coefficient (Wildman–Crippen LogP) is 4.46. The number of imidazole rings is 1. The zero-order valence-electron chi connectivity index (χ0n) is 18.7. The first-order chi connectivity index (χ1) is 16.5. The maximum Gasteiger partial charge on any atom is 0.267 e. The molecule has 3 aromatic heterocycles. The number of hydrogen-bond acceptors (Lipinski definition) is 4. The molecule has 2 amide bonds. The Morgan fingerprint density at radius 1 is 1.15 bits per heavy atom. The number of aromatic amines is 1. The Labute approximate surface area is 205 Å². The van der Waals surface area contributed by atoms with Crippen molar-refractivity contribution in [2.75, 3.05) is 7.05 Å². The number of carbonyl (C=O) groups is 2. The van der Waals surface area contributed by atoms with Gasteiger partial charge in [0.1, 0.15) is 11.4 Å². The number of H-pyrrole nitrogens is 1. The van der Waals surface area contributed by atoms with Gasteiger partial charge in [-0.1, -0.05) is 6.07 Å². The van der Waals surface area contributed by atoms with Gasteiger partial charge in [-0.05, 0) is 78.0 Å². The Balaban J connectivity index is 1.49. The average molecular weight is 521 g/mol. The smallest absolute Gasteiger partial charge is 0.267 e. The van der Waals surface area contributed by atoms with Crippen molar-refractivity contribution >= 4 is 38.8 Å². The van der Waals surface area contributed by atoms with Gasteiger partial charge in [-0.15, -0.1) is 0 Å². The minimum absolute atomic E-state index is 0.0486. The molecule has 174 valence electrons. The highest BCUT2D eigenvalue weighted by atomic mass is 79.9. The lowest BCUT2D eigenvalue weighted by Crippen LogP contribution is -2.39. The maximum atomic E-state index is 12.7. The number of hydrogen-bond donors (Lipinski definition) is 3. The molecule has 34 heavy (non-hydrogen) atoms. The molecule has 1 fully saturated rings. The summed E-state index contributed by atoms with van der Waals surface area (Å²) in [6, 6.07) is 13.3. The number of amides is 2. The van der Waals surface area contributed by atoms with Crippen molar-refractivity contribution in [1.29, 1.82) is 0 Å². The van der Waals surface area contributed by atoms with Gasteiger partial charge < -0.3 is 20.2 Å². The second kappa shape index (κ2) is 9.42. The topological polar surface area (TPSA) is 105 Å². The minimum Gasteiger partial charge on any atom is -0.356 e. The fraction of sp³-hybridized carbons (Fsp3) is 0.280. The summed E-state index contributed by atoms with van der Waals surface area (Å²) in [4.78, 5) is 37.3. The molecule has 0 aliphatic heterocycles. The molecule has 3 heterocycles. The highest BCUT2D eigenvalue weighted by Crippen LogP contribution is 2.36. The Hall–Kier alpha value is -3.46. The standard InChI is InChI=1S/C25H25BrN6O2/c1-27-24(33)15-8-9-22-20(11-15)31-23(19-7-2-3-10-28-19)32(22)18-6-4-5-17(13-18)30-25(34)21-12-16(26)14-29-21/h2-3,7-12,14,17-18,29H,4-6,13H2,1H3,(H,27,33)(H,30,34)/t17-,18+/m1/s1. The lowest BCUT2D eigenvalue weighted by atomic mass is 9.90. The Morgan fingerprint density at radius 2 is 2.03 bits per heavy atom. The van der Waals surface area contributed by atoms with E-state index in [1.807, 2.05) is 36.4 Å². The number of pyridine rings is 1. The van der Waals surface area contributed by atoms with Gasteiger partial charge in [0.2, 0.25) is 0 Å². The number of halogens is 1. The van der Waals surface area contributed by atoms with Crippen LogP contribution in [-0.2, 0) is 0 Å². The van der Waals surface area contributed by atoms with Crippen molar-refractivity contribution in [3.63, 3.8) is 0 Å². The lowest BCUT2D eigenvalue weighted by Gasteiger charge is -2.31. The molecule has 8 nitrogen and oxygen atoms in total. The molecule has 0 radical (unpaired) electrons. The number of fused-ring (bicyclic) bond motifs is 1. The first-order valence-electron chi connectivity index (χ1n) is 11.3. The van der Waals surface area contributed by atoms with E-state index >= 15 is 0 Å². The van der Waals surface area contributed by atoms with Gasteiger partial charge in [-0.2, -0.15) is 0 Å². The van der Waals surface area contributed by atoms with Gasteiger partial charge in [-0.25, -0.2) is 4.98 Å². The largest absolute Gasteiger partial charge is 0.356 e. The first-order valence-corrected chi connectivity index (χ1v) is 12.1. The molecule has 0 spiro atoms. The molecule has 1 aliphatic rings. The molecule has 3 N–H and O–H groups in total. The van der Waals surface area contributed by atoms with Crippen molar-refractivity contribution in [3.8, 4) is 11.5 Å². The van der Waals surface area contributed by atoms with E-state index in [4.69, 9.17) is 4.98 Å². The molecular weight excluding hydrogens is 496 g/mol. The van der Waals surface area contributed by atoms with Crippen LogP contribution in [0, 0.1) is 0 Å². The molecule has 9 heteroatoms. The van der Waals surface area contributed by atoms with Gasteiger partial charge in [0.25, 0.3) is 11.8 Å². The number of benzene rings is 1. The van der Waals surface area contributed by atoms with Crippen molar-refractivity contribution in [2.45, 2.75) is 37.8 Å². The third-order valence-electron chi connectivity index (χ3n) is 6.31. The summed E-state index contributed by atoms with van der Waals surface area (Å²) in [6.45, 7) is 0. The minimum atomic E-state index is -0.146. The molecule has 0 unspecified atom stereocenters. The third-order valence-corrected chi connectivity index (χ3v) is 6.77. The second-order valence-corrected chi connectivity index (χ2v) is 9.44. The van der Waals surface area contributed by atoms with Crippen molar-refractivity contribution in [3.05, 3.63) is 70.6 Å². The summed E-state index contributed by atoms with van der Waals surface area (Å²) in [7, 11) is 1.62. The zero-order chi connectivity index (χ0) is 23.7. The highest BCUT2D eigenvalue weighted by molar-refractivity contribution is 9.10. The molecule has 4 aromatic rings. The summed E-state index contributed by atoms with van der Waals surface area (Å²) >= 11 is 3.38. The fourth-order valence-corrected chi connectivity index (χ4v) is 5.06. The van der Waals surface area contributed by atoms with Crippen LogP contribution in [0.3, 0.4) is 0 Å². The fourth-order valence-electron chi connectivity index (χ4n) is 4.72. The Kier molecular flexibility index (Phi) is 6.19. The summed E-state index contributed by atoms with van der Waals surface area (Å²) < 4.78 is 3.08. The molecule has 0 bridgehead atoms. The summed E-state index contributed by atoms with van der Waals surface area (Å²) in [6.07, 6.45) is 7.19. The van der Waals surface area contributed by atoms with Gasteiger partial charge in [0, 0.05) is 41.6 Å². The zero-order valence-corrected chi connectivity index (χ0v) is 20.3. The second-order valence-electron chi connectivity index (χ2n) is 8.53. The Bertz CT molecular complexity index is 1350. The Morgan fingerprint density at radius 3 is 2.76 bits per heavy atom. The number of nitrogens with one attached hydrogen (secondary N) is 3. The van der Waals surface area contributed by atoms with Crippen LogP contribution in [0.15, 0.2) is 59.3 Å². The predicted molar refractivity (Wildman–Crippen MR) is 134 cm³/mol. The van der Waals surface area contributed by atoms with E-state index in [0.29, 0.717) is 11.3 Å². The summed E-state index contributed by atoms with van der Waals surface area (Å²) in [5.41, 5.74) is 3.60. The van der Waals surface area contributed by atoms with E-state index in [2.05, 4.69) is 41.1 Å². The molecule has 2 atom stereocenters. The molecule has 1 saturated carbocycles. The van der Waals surface area contributed by atoms with Crippen molar-refractivity contribution in [2.24, 2.45) is 0 Å². The summed E-state index contributed by atoms with van der Waals surface area (Å²) in [5, 5.41) is 5.86. The van der Waals surface area contributed by atoms with E-state index in [-0.39, 0.29) is 23.9 Å². The highest BCUT2D eigenvalue weighted by Gasteiger charge is 2.29. The van der Waals surface area contributed by atoms with Crippen LogP contribution in [-0.4, -0.2) is 44.4 Å². The maximum absolute atomic E-state index is 12.7. The van der Waals surface area contributed by atoms with Crippen LogP contribution >= 0.6 is 15.9 Å². The number of carbonyl (C=O) groups excluding carboxylic acids is 2. The molecule has 0 saturated heterocycles. The van der Waals surface area contributed by atoms with Crippen molar-refractivity contribution < 1.29 is 9.59 Å². The monoisotopic (exact) mass is 520 g/mol. The van der Waals surface area contributed by atoms with Crippen LogP contribution in [0.25, 0.3) is 22.6 Å². The van der Waals surface area contributed by atoms with E-state index < -0.39 is 0 Å². The van der Waals surface area contributed by atoms with E-state index in [9.17, 15) is 9.59 Å². The van der Waals surface area contributed by atoms with Gasteiger partial charge in [-0.3, -0.25) is 14.6 Å². The summed E-state index contributed by atoms with van der Waals surface area (Å²) in [5.74, 6) is 0.522. The third kappa shape index (κ3) is 4.35. The van der Waals surface area contributed by atoms with E-state index in [0.717, 1.165) is 52.7 Å². The molecule has 1 aliphatic carbocycles. The SMILES string of the molecule is CNC(=O)c1ccc2c(c1)nc(-c1ccccn1)n2[C@H]1CCC[C@@H](NC(=O)c2cc(Br)c[nH]2)C1. The van der Waals surface area contributed by atoms with Crippen LogP contribution in [0.1, 0.15) is 52.6 Å². The average Bonchev–Trinajstić information content (AvgIpc) is 3.47. The van der Waals surface area contributed by atoms with Crippen molar-refractivity contribution in [1.82, 2.24) is 30.2 Å². The number of aromatic nitrogens is 4. The van der Waals surface area contributed by atoms with Crippen LogP contribution in [0.5, 0.6) is 0 Å². The first kappa shape index (κ1) is 22.3. The normalized spacial score (nSPS) is 18.1. The number of rotatable bonds is 5. The van der Waals surface area contributed by atoms with E-state index in [1.165, 1.54) is 0 Å². The van der Waals surface area contributed by atoms with E-state index in [1.54, 1.807) is 25.5 Å². The van der Waals surface area contributed by atoms with Crippen LogP contribution in [0.2, 0.25) is 0 Å². The van der Waals surface area contributed by atoms with Gasteiger partial charge in [0.15, 0.2) is 5.82 Å². The van der Waals surface area contributed by atoms with Crippen LogP contribution in [0.4, 0.5) is 0 Å². The van der Waals surface area contributed by atoms with Crippen LogP contribution < -0.4 is 10.6 Å². The molecule has 5 rings (SSSR count). The molecule has 1 aromatic carbocycles. The van der Waals surface area contributed by atoms with Gasteiger partial charge in [0.05, 0.1) is 11.0 Å². The lowest BCUT2D eigenvalue weighted by molar-refractivity contribution is 0.0915. The molecular formula is C25H25BrN6O2. The van der Waals surface area contributed by atoms with Gasteiger partial charge >= 0.3 is 0 Å².